The number of carbonyl (C=O) groups excluding carboxylic acids is 1. The van der Waals surface area contributed by atoms with E-state index in [4.69, 9.17) is 0 Å². The van der Waals surface area contributed by atoms with Crippen LogP contribution in [0.5, 0.6) is 0 Å². The van der Waals surface area contributed by atoms with Crippen LogP contribution in [0.2, 0.25) is 0 Å². The van der Waals surface area contributed by atoms with E-state index in [9.17, 15) is 17.6 Å². The number of nitrogens with zero attached hydrogens (tertiary/aromatic N) is 1. The normalized spacial score (nSPS) is 11.7. The van der Waals surface area contributed by atoms with Crippen LogP contribution in [0.15, 0.2) is 46.4 Å². The molecule has 0 spiro atoms. The minimum Gasteiger partial charge on any atom is -0.272 e. The zero-order valence-electron chi connectivity index (χ0n) is 14.7. The average molecular weight is 377 g/mol. The van der Waals surface area contributed by atoms with Gasteiger partial charge in [-0.3, -0.25) is 4.79 Å². The minimum atomic E-state index is -3.82. The van der Waals surface area contributed by atoms with Crippen molar-refractivity contribution in [3.63, 3.8) is 0 Å². The van der Waals surface area contributed by atoms with Crippen molar-refractivity contribution in [2.24, 2.45) is 5.10 Å². The maximum Gasteiger partial charge on any atom is 0.255 e. The van der Waals surface area contributed by atoms with Crippen LogP contribution in [0.25, 0.3) is 0 Å². The summed E-state index contributed by atoms with van der Waals surface area (Å²) in [5.74, 6) is -0.989. The molecule has 2 aromatic carbocycles. The summed E-state index contributed by atoms with van der Waals surface area (Å²) in [7, 11) is -3.82. The third-order valence-electron chi connectivity index (χ3n) is 3.57. The van der Waals surface area contributed by atoms with Crippen molar-refractivity contribution in [2.45, 2.75) is 25.7 Å². The molecule has 0 radical (unpaired) electrons. The Labute approximate surface area is 152 Å². The van der Waals surface area contributed by atoms with Crippen LogP contribution in [-0.4, -0.2) is 27.1 Å². The smallest absolute Gasteiger partial charge is 0.255 e. The molecule has 0 heterocycles. The first-order valence-electron chi connectivity index (χ1n) is 7.84. The van der Waals surface area contributed by atoms with Crippen LogP contribution >= 0.6 is 0 Å². The summed E-state index contributed by atoms with van der Waals surface area (Å²) < 4.78 is 40.0. The first-order chi connectivity index (χ1) is 12.2. The number of aryl methyl sites for hydroxylation is 3. The highest BCUT2D eigenvalue weighted by Gasteiger charge is 2.20. The Morgan fingerprint density at radius 2 is 1.69 bits per heavy atom. The highest BCUT2D eigenvalue weighted by atomic mass is 32.2. The molecule has 0 atom stereocenters. The molecular weight excluding hydrogens is 357 g/mol. The molecule has 8 heteroatoms. The first kappa shape index (κ1) is 19.7. The lowest BCUT2D eigenvalue weighted by Crippen LogP contribution is -2.35. The summed E-state index contributed by atoms with van der Waals surface area (Å²) in [4.78, 5) is 11.9. The number of halogens is 1. The van der Waals surface area contributed by atoms with Crippen molar-refractivity contribution < 1.29 is 17.6 Å². The second kappa shape index (κ2) is 8.20. The lowest BCUT2D eigenvalue weighted by atomic mass is 10.1. The molecular formula is C18H20FN3O3S. The third kappa shape index (κ3) is 5.21. The number of benzene rings is 2. The first-order valence-corrected chi connectivity index (χ1v) is 9.32. The molecule has 0 saturated heterocycles. The number of amides is 1. The number of rotatable bonds is 6. The molecule has 26 heavy (non-hydrogen) atoms. The highest BCUT2D eigenvalue weighted by Crippen LogP contribution is 2.21. The summed E-state index contributed by atoms with van der Waals surface area (Å²) in [6, 6.07) is 9.07. The summed E-state index contributed by atoms with van der Waals surface area (Å²) in [6.45, 7) is 4.86. The average Bonchev–Trinajstić information content (AvgIpc) is 2.53. The molecule has 0 aliphatic carbocycles. The molecule has 1 amide bonds. The van der Waals surface area contributed by atoms with Gasteiger partial charge in [0.15, 0.2) is 0 Å². The fraction of sp³-hybridized carbons (Fsp3) is 0.222. The molecule has 0 aliphatic heterocycles. The molecule has 0 bridgehead atoms. The number of nitrogens with one attached hydrogen (secondary N) is 2. The quantitative estimate of drug-likeness (QED) is 0.597. The Bertz CT molecular complexity index is 916. The Hall–Kier alpha value is -2.58. The van der Waals surface area contributed by atoms with Crippen molar-refractivity contribution in [3.05, 3.63) is 64.5 Å². The van der Waals surface area contributed by atoms with E-state index in [2.05, 4.69) is 15.2 Å². The number of carbonyl (C=O) groups is 1. The van der Waals surface area contributed by atoms with Crippen molar-refractivity contribution >= 4 is 22.1 Å². The van der Waals surface area contributed by atoms with E-state index in [0.29, 0.717) is 16.7 Å². The van der Waals surface area contributed by atoms with E-state index in [0.717, 1.165) is 5.56 Å². The number of hydrogen-bond donors (Lipinski definition) is 2. The van der Waals surface area contributed by atoms with Crippen LogP contribution in [0.3, 0.4) is 0 Å². The molecule has 2 aromatic rings. The van der Waals surface area contributed by atoms with Crippen LogP contribution in [0.1, 0.15) is 22.3 Å². The maximum atomic E-state index is 12.8. The summed E-state index contributed by atoms with van der Waals surface area (Å²) in [5, 5.41) is 3.71. The van der Waals surface area contributed by atoms with Gasteiger partial charge in [0.2, 0.25) is 10.0 Å². The van der Waals surface area contributed by atoms with Crippen LogP contribution in [-0.2, 0) is 14.8 Å². The standard InChI is InChI=1S/C18H20FN3O3S/c1-12-8-13(2)18(14(3)9-12)26(24,25)21-11-17(23)22-20-10-15-4-6-16(19)7-5-15/h4-10,21H,11H2,1-3H3,(H,22,23)/b20-10-. The summed E-state index contributed by atoms with van der Waals surface area (Å²) in [5.41, 5.74) is 5.01. The van der Waals surface area contributed by atoms with Gasteiger partial charge in [0.05, 0.1) is 17.7 Å². The van der Waals surface area contributed by atoms with Crippen LogP contribution < -0.4 is 10.1 Å². The van der Waals surface area contributed by atoms with E-state index in [-0.39, 0.29) is 10.7 Å². The van der Waals surface area contributed by atoms with Crippen molar-refractivity contribution in [1.29, 1.82) is 0 Å². The molecule has 0 aromatic heterocycles. The Balaban J connectivity index is 1.97. The molecule has 0 saturated carbocycles. The van der Waals surface area contributed by atoms with Gasteiger partial charge in [-0.2, -0.15) is 5.10 Å². The van der Waals surface area contributed by atoms with E-state index in [1.807, 2.05) is 6.92 Å². The van der Waals surface area contributed by atoms with Gasteiger partial charge in [-0.1, -0.05) is 29.8 Å². The van der Waals surface area contributed by atoms with Gasteiger partial charge in [0.25, 0.3) is 5.91 Å². The van der Waals surface area contributed by atoms with Gasteiger partial charge < -0.3 is 0 Å². The van der Waals surface area contributed by atoms with E-state index in [1.54, 1.807) is 26.0 Å². The third-order valence-corrected chi connectivity index (χ3v) is 5.27. The largest absolute Gasteiger partial charge is 0.272 e. The van der Waals surface area contributed by atoms with Gasteiger partial charge >= 0.3 is 0 Å². The second-order valence-electron chi connectivity index (χ2n) is 5.90. The lowest BCUT2D eigenvalue weighted by molar-refractivity contribution is -0.119. The van der Waals surface area contributed by atoms with E-state index >= 15 is 0 Å². The van der Waals surface area contributed by atoms with Crippen molar-refractivity contribution in [2.75, 3.05) is 6.54 Å². The molecule has 0 fully saturated rings. The molecule has 2 N–H and O–H groups in total. The topological polar surface area (TPSA) is 87.6 Å². The lowest BCUT2D eigenvalue weighted by Gasteiger charge is -2.12. The van der Waals surface area contributed by atoms with Gasteiger partial charge in [0.1, 0.15) is 5.82 Å². The van der Waals surface area contributed by atoms with Gasteiger partial charge in [0, 0.05) is 0 Å². The predicted octanol–water partition coefficient (Wildman–Crippen LogP) is 2.18. The minimum absolute atomic E-state index is 0.172. The van der Waals surface area contributed by atoms with Gasteiger partial charge in [-0.25, -0.2) is 23.0 Å². The van der Waals surface area contributed by atoms with Gasteiger partial charge in [-0.15, -0.1) is 0 Å². The second-order valence-corrected chi connectivity index (χ2v) is 7.60. The Morgan fingerprint density at radius 1 is 1.12 bits per heavy atom. The fourth-order valence-electron chi connectivity index (χ4n) is 2.59. The molecule has 0 unspecified atom stereocenters. The predicted molar refractivity (Wildman–Crippen MR) is 98.0 cm³/mol. The van der Waals surface area contributed by atoms with E-state index < -0.39 is 22.5 Å². The summed E-state index contributed by atoms with van der Waals surface area (Å²) in [6.07, 6.45) is 1.33. The molecule has 0 aliphatic rings. The number of hydrazone groups is 1. The zero-order valence-corrected chi connectivity index (χ0v) is 15.5. The van der Waals surface area contributed by atoms with Crippen LogP contribution in [0.4, 0.5) is 4.39 Å². The highest BCUT2D eigenvalue weighted by molar-refractivity contribution is 7.89. The zero-order chi connectivity index (χ0) is 19.3. The van der Waals surface area contributed by atoms with Crippen LogP contribution in [0, 0.1) is 26.6 Å². The van der Waals surface area contributed by atoms with Crippen molar-refractivity contribution in [1.82, 2.24) is 10.1 Å². The number of hydrogen-bond acceptors (Lipinski definition) is 4. The van der Waals surface area contributed by atoms with E-state index in [1.165, 1.54) is 30.5 Å². The molecule has 6 nitrogen and oxygen atoms in total. The Kier molecular flexibility index (Phi) is 6.23. The SMILES string of the molecule is Cc1cc(C)c(S(=O)(=O)NCC(=O)N/N=C\c2ccc(F)cc2)c(C)c1. The molecule has 138 valence electrons. The van der Waals surface area contributed by atoms with Crippen molar-refractivity contribution in [3.8, 4) is 0 Å². The maximum absolute atomic E-state index is 12.8. The summed E-state index contributed by atoms with van der Waals surface area (Å²) >= 11 is 0. The Morgan fingerprint density at radius 3 is 2.27 bits per heavy atom. The van der Waals surface area contributed by atoms with Gasteiger partial charge in [-0.05, 0) is 49.6 Å². The number of sulfonamides is 1. The fourth-order valence-corrected chi connectivity index (χ4v) is 4.02. The monoisotopic (exact) mass is 377 g/mol. The molecule has 2 rings (SSSR count).